The molecule has 7 heteroatoms. The van der Waals surface area contributed by atoms with Gasteiger partial charge in [0.05, 0.1) is 18.7 Å². The summed E-state index contributed by atoms with van der Waals surface area (Å²) in [6.07, 6.45) is 3.06. The van der Waals surface area contributed by atoms with Crippen LogP contribution in [-0.2, 0) is 6.54 Å². The molecule has 1 atom stereocenters. The molecule has 30 heavy (non-hydrogen) atoms. The van der Waals surface area contributed by atoms with Crippen LogP contribution in [0.3, 0.4) is 0 Å². The van der Waals surface area contributed by atoms with Crippen molar-refractivity contribution in [2.45, 2.75) is 18.7 Å². The maximum absolute atomic E-state index is 13.5. The Morgan fingerprint density at radius 2 is 1.40 bits per heavy atom. The van der Waals surface area contributed by atoms with E-state index in [4.69, 9.17) is 0 Å². The Hall–Kier alpha value is -2.61. The smallest absolute Gasteiger partial charge is 0.123 e. The third-order valence-corrected chi connectivity index (χ3v) is 5.57. The van der Waals surface area contributed by atoms with Crippen LogP contribution in [0.5, 0.6) is 0 Å². The summed E-state index contributed by atoms with van der Waals surface area (Å²) in [5.41, 5.74) is 1.96. The topological polar surface area (TPSA) is 44.5 Å². The molecule has 2 aromatic carbocycles. The first-order chi connectivity index (χ1) is 14.6. The number of aliphatic hydroxyl groups excluding tert-OH is 1. The number of aliphatic hydroxyl groups is 1. The van der Waals surface area contributed by atoms with E-state index in [1.807, 2.05) is 12.3 Å². The standard InChI is InChI=1S/C23H26F2N4O/c24-20-6-2-18(3-7-20)23(19-4-8-21(25)9-5-19)28-14-12-27(13-15-28)16-22(30)17-29-11-1-10-26-29/h1-11,22-23,30H,12-17H2. The predicted molar refractivity (Wildman–Crippen MR) is 111 cm³/mol. The summed E-state index contributed by atoms with van der Waals surface area (Å²) in [5, 5.41) is 14.5. The zero-order valence-corrected chi connectivity index (χ0v) is 16.7. The summed E-state index contributed by atoms with van der Waals surface area (Å²) in [6, 6.07) is 14.8. The summed E-state index contributed by atoms with van der Waals surface area (Å²) < 4.78 is 28.6. The number of halogens is 2. The molecule has 1 aromatic heterocycles. The highest BCUT2D eigenvalue weighted by atomic mass is 19.1. The van der Waals surface area contributed by atoms with Crippen LogP contribution in [0.15, 0.2) is 67.0 Å². The molecule has 1 aliphatic heterocycles. The second-order valence-electron chi connectivity index (χ2n) is 7.72. The number of hydrogen-bond acceptors (Lipinski definition) is 4. The summed E-state index contributed by atoms with van der Waals surface area (Å²) in [5.74, 6) is -0.541. The van der Waals surface area contributed by atoms with Gasteiger partial charge in [-0.05, 0) is 41.5 Å². The van der Waals surface area contributed by atoms with Crippen molar-refractivity contribution in [3.8, 4) is 0 Å². The van der Waals surface area contributed by atoms with Crippen molar-refractivity contribution in [1.82, 2.24) is 19.6 Å². The minimum atomic E-state index is -0.485. The third kappa shape index (κ3) is 5.11. The van der Waals surface area contributed by atoms with E-state index in [1.165, 1.54) is 24.3 Å². The van der Waals surface area contributed by atoms with Gasteiger partial charge in [-0.1, -0.05) is 24.3 Å². The zero-order valence-electron chi connectivity index (χ0n) is 16.7. The Kier molecular flexibility index (Phi) is 6.52. The quantitative estimate of drug-likeness (QED) is 0.648. The van der Waals surface area contributed by atoms with Crippen LogP contribution in [0.4, 0.5) is 8.78 Å². The molecular weight excluding hydrogens is 386 g/mol. The van der Waals surface area contributed by atoms with Crippen LogP contribution in [0.2, 0.25) is 0 Å². The van der Waals surface area contributed by atoms with Crippen molar-refractivity contribution in [2.24, 2.45) is 0 Å². The van der Waals surface area contributed by atoms with E-state index in [0.717, 1.165) is 37.3 Å². The normalized spacial score (nSPS) is 16.8. The number of rotatable bonds is 7. The fourth-order valence-corrected chi connectivity index (χ4v) is 4.09. The maximum Gasteiger partial charge on any atom is 0.123 e. The average molecular weight is 412 g/mol. The number of nitrogens with zero attached hydrogens (tertiary/aromatic N) is 4. The lowest BCUT2D eigenvalue weighted by Gasteiger charge is -2.40. The molecule has 0 radical (unpaired) electrons. The molecule has 2 heterocycles. The van der Waals surface area contributed by atoms with Crippen molar-refractivity contribution < 1.29 is 13.9 Å². The first-order valence-electron chi connectivity index (χ1n) is 10.2. The van der Waals surface area contributed by atoms with Gasteiger partial charge < -0.3 is 5.11 Å². The van der Waals surface area contributed by atoms with Crippen molar-refractivity contribution in [3.05, 3.63) is 89.8 Å². The van der Waals surface area contributed by atoms with Gasteiger partial charge in [-0.3, -0.25) is 14.5 Å². The van der Waals surface area contributed by atoms with Crippen molar-refractivity contribution >= 4 is 0 Å². The summed E-state index contributed by atoms with van der Waals surface area (Å²) in [7, 11) is 0. The molecule has 0 saturated carbocycles. The number of piperazine rings is 1. The Labute approximate surface area is 175 Å². The molecule has 0 bridgehead atoms. The van der Waals surface area contributed by atoms with Crippen LogP contribution in [0.1, 0.15) is 17.2 Å². The molecule has 1 saturated heterocycles. The molecule has 0 spiro atoms. The lowest BCUT2D eigenvalue weighted by molar-refractivity contribution is 0.0541. The maximum atomic E-state index is 13.5. The van der Waals surface area contributed by atoms with Gasteiger partial charge in [-0.15, -0.1) is 0 Å². The zero-order chi connectivity index (χ0) is 20.9. The number of benzene rings is 2. The highest BCUT2D eigenvalue weighted by molar-refractivity contribution is 5.32. The second-order valence-corrected chi connectivity index (χ2v) is 7.72. The molecule has 5 nitrogen and oxygen atoms in total. The van der Waals surface area contributed by atoms with E-state index in [2.05, 4.69) is 14.9 Å². The van der Waals surface area contributed by atoms with Gasteiger partial charge in [-0.2, -0.15) is 5.10 Å². The minimum Gasteiger partial charge on any atom is -0.390 e. The largest absolute Gasteiger partial charge is 0.390 e. The van der Waals surface area contributed by atoms with Crippen LogP contribution < -0.4 is 0 Å². The molecule has 3 aromatic rings. The lowest BCUT2D eigenvalue weighted by Crippen LogP contribution is -2.50. The van der Waals surface area contributed by atoms with Crippen LogP contribution in [0.25, 0.3) is 0 Å². The summed E-state index contributed by atoms with van der Waals surface area (Å²) in [4.78, 5) is 4.58. The van der Waals surface area contributed by atoms with Gasteiger partial charge in [0.2, 0.25) is 0 Å². The minimum absolute atomic E-state index is 0.0673. The highest BCUT2D eigenvalue weighted by Gasteiger charge is 2.27. The first kappa shape index (κ1) is 20.7. The molecular formula is C23H26F2N4O. The van der Waals surface area contributed by atoms with Gasteiger partial charge in [0, 0.05) is 45.1 Å². The van der Waals surface area contributed by atoms with Gasteiger partial charge in [0.15, 0.2) is 0 Å². The monoisotopic (exact) mass is 412 g/mol. The molecule has 1 unspecified atom stereocenters. The van der Waals surface area contributed by atoms with Crippen molar-refractivity contribution in [3.63, 3.8) is 0 Å². The van der Waals surface area contributed by atoms with Gasteiger partial charge in [0.25, 0.3) is 0 Å². The molecule has 0 aliphatic carbocycles. The van der Waals surface area contributed by atoms with E-state index < -0.39 is 6.10 Å². The van der Waals surface area contributed by atoms with E-state index in [9.17, 15) is 13.9 Å². The van der Waals surface area contributed by atoms with E-state index in [1.54, 1.807) is 35.1 Å². The highest BCUT2D eigenvalue weighted by Crippen LogP contribution is 2.30. The predicted octanol–water partition coefficient (Wildman–Crippen LogP) is 2.93. The van der Waals surface area contributed by atoms with Crippen LogP contribution in [0, 0.1) is 11.6 Å². The molecule has 158 valence electrons. The molecule has 4 rings (SSSR count). The molecule has 0 amide bonds. The number of aromatic nitrogens is 2. The molecule has 1 N–H and O–H groups in total. The van der Waals surface area contributed by atoms with Crippen molar-refractivity contribution in [2.75, 3.05) is 32.7 Å². The summed E-state index contributed by atoms with van der Waals surface area (Å²) in [6.45, 7) is 4.29. The van der Waals surface area contributed by atoms with Gasteiger partial charge in [0.1, 0.15) is 11.6 Å². The Morgan fingerprint density at radius 1 is 0.833 bits per heavy atom. The average Bonchev–Trinajstić information content (AvgIpc) is 3.25. The number of β-amino-alcohol motifs (C(OH)–C–C–N with tert-alkyl or cyclic N) is 1. The molecule has 1 aliphatic rings. The fourth-order valence-electron chi connectivity index (χ4n) is 4.09. The van der Waals surface area contributed by atoms with E-state index >= 15 is 0 Å². The van der Waals surface area contributed by atoms with Crippen molar-refractivity contribution in [1.29, 1.82) is 0 Å². The first-order valence-corrected chi connectivity index (χ1v) is 10.2. The Balaban J connectivity index is 1.42. The summed E-state index contributed by atoms with van der Waals surface area (Å²) >= 11 is 0. The molecule has 1 fully saturated rings. The van der Waals surface area contributed by atoms with Crippen LogP contribution in [-0.4, -0.2) is 63.5 Å². The third-order valence-electron chi connectivity index (χ3n) is 5.57. The number of hydrogen-bond donors (Lipinski definition) is 1. The fraction of sp³-hybridized carbons (Fsp3) is 0.348. The SMILES string of the molecule is OC(CN1CCN(C(c2ccc(F)cc2)c2ccc(F)cc2)CC1)Cn1cccn1. The second kappa shape index (κ2) is 9.47. The lowest BCUT2D eigenvalue weighted by atomic mass is 9.96. The van der Waals surface area contributed by atoms with E-state index in [-0.39, 0.29) is 17.7 Å². The van der Waals surface area contributed by atoms with Gasteiger partial charge in [-0.25, -0.2) is 8.78 Å². The Morgan fingerprint density at radius 3 is 1.90 bits per heavy atom. The van der Waals surface area contributed by atoms with E-state index in [0.29, 0.717) is 13.1 Å². The van der Waals surface area contributed by atoms with Gasteiger partial charge >= 0.3 is 0 Å². The Bertz CT molecular complexity index is 862. The van der Waals surface area contributed by atoms with Crippen LogP contribution >= 0.6 is 0 Å².